The number of aliphatic imine (C=N–C) groups is 1. The molecule has 1 saturated heterocycles. The van der Waals surface area contributed by atoms with Crippen LogP contribution >= 0.6 is 0 Å². The van der Waals surface area contributed by atoms with E-state index in [2.05, 4.69) is 38.3 Å². The molecule has 6 heteroatoms. The Morgan fingerprint density at radius 3 is 2.87 bits per heavy atom. The van der Waals surface area contributed by atoms with Gasteiger partial charge in [0, 0.05) is 39.4 Å². The average molecular weight is 319 g/mol. The molecule has 1 fully saturated rings. The van der Waals surface area contributed by atoms with E-state index < -0.39 is 0 Å². The maximum absolute atomic E-state index is 5.93. The Morgan fingerprint density at radius 2 is 2.13 bits per heavy atom. The Balaban J connectivity index is 1.67. The topological polar surface area (TPSA) is 66.1 Å². The van der Waals surface area contributed by atoms with Crippen molar-refractivity contribution in [3.05, 3.63) is 29.8 Å². The van der Waals surface area contributed by atoms with Crippen molar-refractivity contribution in [2.75, 3.05) is 58.4 Å². The molecule has 1 aromatic rings. The van der Waals surface area contributed by atoms with Crippen molar-refractivity contribution in [2.45, 2.75) is 13.0 Å². The minimum Gasteiger partial charge on any atom is -0.379 e. The van der Waals surface area contributed by atoms with Gasteiger partial charge < -0.3 is 20.7 Å². The van der Waals surface area contributed by atoms with E-state index in [1.54, 1.807) is 0 Å². The van der Waals surface area contributed by atoms with Gasteiger partial charge in [0.25, 0.3) is 0 Å². The third-order valence-corrected chi connectivity index (χ3v) is 3.92. The summed E-state index contributed by atoms with van der Waals surface area (Å²) in [4.78, 5) is 8.92. The molecule has 1 aromatic carbocycles. The Morgan fingerprint density at radius 1 is 1.35 bits per heavy atom. The highest BCUT2D eigenvalue weighted by Crippen LogP contribution is 2.13. The van der Waals surface area contributed by atoms with Crippen LogP contribution in [0.2, 0.25) is 0 Å². The highest BCUT2D eigenvalue weighted by atomic mass is 16.5. The van der Waals surface area contributed by atoms with Crippen LogP contribution < -0.4 is 16.0 Å². The van der Waals surface area contributed by atoms with Crippen LogP contribution in [0, 0.1) is 0 Å². The van der Waals surface area contributed by atoms with Crippen molar-refractivity contribution in [2.24, 2.45) is 10.7 Å². The van der Waals surface area contributed by atoms with Crippen molar-refractivity contribution < 1.29 is 4.74 Å². The Labute approximate surface area is 139 Å². The first kappa shape index (κ1) is 17.6. The van der Waals surface area contributed by atoms with Crippen molar-refractivity contribution in [3.8, 4) is 0 Å². The van der Waals surface area contributed by atoms with Gasteiger partial charge in [-0.25, -0.2) is 4.99 Å². The van der Waals surface area contributed by atoms with Gasteiger partial charge in [-0.15, -0.1) is 0 Å². The Hall–Kier alpha value is -1.79. The Kier molecular flexibility index (Phi) is 7.16. The van der Waals surface area contributed by atoms with Gasteiger partial charge in [0.2, 0.25) is 0 Å². The molecule has 0 aromatic heterocycles. The SMILES string of the molecule is CN(C)c1cccc(CN=C(N)NCCCN2CCOCC2)c1. The van der Waals surface area contributed by atoms with E-state index in [0.29, 0.717) is 12.5 Å². The zero-order chi connectivity index (χ0) is 16.5. The molecule has 0 radical (unpaired) electrons. The highest BCUT2D eigenvalue weighted by Gasteiger charge is 2.08. The van der Waals surface area contributed by atoms with Crippen LogP contribution in [0.15, 0.2) is 29.3 Å². The van der Waals surface area contributed by atoms with E-state index in [0.717, 1.165) is 51.4 Å². The average Bonchev–Trinajstić information content (AvgIpc) is 2.58. The van der Waals surface area contributed by atoms with Crippen LogP contribution in [0.1, 0.15) is 12.0 Å². The zero-order valence-corrected chi connectivity index (χ0v) is 14.3. The molecular weight excluding hydrogens is 290 g/mol. The number of nitrogens with one attached hydrogen (secondary N) is 1. The number of nitrogens with two attached hydrogens (primary N) is 1. The van der Waals surface area contributed by atoms with E-state index in [9.17, 15) is 0 Å². The molecule has 128 valence electrons. The molecule has 0 unspecified atom stereocenters. The molecule has 6 nitrogen and oxygen atoms in total. The summed E-state index contributed by atoms with van der Waals surface area (Å²) >= 11 is 0. The molecule has 0 atom stereocenters. The lowest BCUT2D eigenvalue weighted by molar-refractivity contribution is 0.0376. The second kappa shape index (κ2) is 9.37. The van der Waals surface area contributed by atoms with Gasteiger partial charge in [0.15, 0.2) is 5.96 Å². The summed E-state index contributed by atoms with van der Waals surface area (Å²) in [6, 6.07) is 8.34. The third-order valence-electron chi connectivity index (χ3n) is 3.92. The van der Waals surface area contributed by atoms with Crippen molar-refractivity contribution in [1.82, 2.24) is 10.2 Å². The summed E-state index contributed by atoms with van der Waals surface area (Å²) in [6.07, 6.45) is 1.06. The van der Waals surface area contributed by atoms with Gasteiger partial charge >= 0.3 is 0 Å². The summed E-state index contributed by atoms with van der Waals surface area (Å²) in [7, 11) is 4.07. The van der Waals surface area contributed by atoms with Crippen LogP contribution in [0.5, 0.6) is 0 Å². The summed E-state index contributed by atoms with van der Waals surface area (Å²) in [5.41, 5.74) is 8.27. The molecular formula is C17H29N5O. The van der Waals surface area contributed by atoms with Crippen LogP contribution in [0.4, 0.5) is 5.69 Å². The third kappa shape index (κ3) is 6.46. The van der Waals surface area contributed by atoms with Gasteiger partial charge in [0.1, 0.15) is 0 Å². The quantitative estimate of drug-likeness (QED) is 0.444. The van der Waals surface area contributed by atoms with Crippen LogP contribution in [-0.4, -0.2) is 64.3 Å². The number of anilines is 1. The summed E-state index contributed by atoms with van der Waals surface area (Å²) in [5.74, 6) is 0.516. The summed E-state index contributed by atoms with van der Waals surface area (Å²) < 4.78 is 5.34. The van der Waals surface area contributed by atoms with Gasteiger partial charge in [-0.3, -0.25) is 4.90 Å². The number of ether oxygens (including phenoxy) is 1. The fourth-order valence-electron chi connectivity index (χ4n) is 2.51. The fraction of sp³-hybridized carbons (Fsp3) is 0.588. The van der Waals surface area contributed by atoms with Crippen molar-refractivity contribution in [1.29, 1.82) is 0 Å². The molecule has 1 aliphatic rings. The number of hydrogen-bond acceptors (Lipinski definition) is 4. The molecule has 23 heavy (non-hydrogen) atoms. The predicted octanol–water partition coefficient (Wildman–Crippen LogP) is 0.879. The van der Waals surface area contributed by atoms with E-state index in [-0.39, 0.29) is 0 Å². The van der Waals surface area contributed by atoms with Gasteiger partial charge in [-0.05, 0) is 30.7 Å². The molecule has 1 heterocycles. The normalized spacial score (nSPS) is 16.3. The molecule has 1 aliphatic heterocycles. The highest BCUT2D eigenvalue weighted by molar-refractivity contribution is 5.77. The molecule has 0 saturated carbocycles. The van der Waals surface area contributed by atoms with Gasteiger partial charge in [-0.2, -0.15) is 0 Å². The number of rotatable bonds is 7. The van der Waals surface area contributed by atoms with Gasteiger partial charge in [-0.1, -0.05) is 12.1 Å². The van der Waals surface area contributed by atoms with E-state index in [1.807, 2.05) is 20.2 Å². The minimum absolute atomic E-state index is 0.516. The molecule has 0 aliphatic carbocycles. The van der Waals surface area contributed by atoms with Crippen molar-refractivity contribution in [3.63, 3.8) is 0 Å². The largest absolute Gasteiger partial charge is 0.379 e. The fourth-order valence-corrected chi connectivity index (χ4v) is 2.51. The van der Waals surface area contributed by atoms with Crippen LogP contribution in [0.3, 0.4) is 0 Å². The number of benzene rings is 1. The van der Waals surface area contributed by atoms with Crippen molar-refractivity contribution >= 4 is 11.6 Å². The molecule has 3 N–H and O–H groups in total. The Bertz CT molecular complexity index is 498. The summed E-state index contributed by atoms with van der Waals surface area (Å²) in [6.45, 7) is 6.30. The zero-order valence-electron chi connectivity index (χ0n) is 14.3. The van der Waals surface area contributed by atoms with Gasteiger partial charge in [0.05, 0.1) is 19.8 Å². The first-order valence-corrected chi connectivity index (χ1v) is 8.25. The maximum Gasteiger partial charge on any atom is 0.188 e. The standard InChI is InChI=1S/C17H29N5O/c1-21(2)16-6-3-5-15(13-16)14-20-17(18)19-7-4-8-22-9-11-23-12-10-22/h3,5-6,13H,4,7-12,14H2,1-2H3,(H3,18,19,20). The second-order valence-corrected chi connectivity index (χ2v) is 6.00. The smallest absolute Gasteiger partial charge is 0.188 e. The summed E-state index contributed by atoms with van der Waals surface area (Å²) in [5, 5.41) is 3.19. The number of guanidine groups is 1. The number of hydrogen-bond donors (Lipinski definition) is 2. The lowest BCUT2D eigenvalue weighted by atomic mass is 10.2. The molecule has 0 spiro atoms. The first-order chi connectivity index (χ1) is 11.1. The number of nitrogens with zero attached hydrogens (tertiary/aromatic N) is 3. The molecule has 0 amide bonds. The second-order valence-electron chi connectivity index (χ2n) is 6.00. The lowest BCUT2D eigenvalue weighted by Crippen LogP contribution is -2.39. The molecule has 2 rings (SSSR count). The molecule has 0 bridgehead atoms. The first-order valence-electron chi connectivity index (χ1n) is 8.25. The van der Waals surface area contributed by atoms with E-state index >= 15 is 0 Å². The predicted molar refractivity (Wildman–Crippen MR) is 96.0 cm³/mol. The van der Waals surface area contributed by atoms with E-state index in [1.165, 1.54) is 5.69 Å². The van der Waals surface area contributed by atoms with Crippen LogP contribution in [-0.2, 0) is 11.3 Å². The van der Waals surface area contributed by atoms with E-state index in [4.69, 9.17) is 10.5 Å². The maximum atomic E-state index is 5.93. The monoisotopic (exact) mass is 319 g/mol. The number of morpholine rings is 1. The minimum atomic E-state index is 0.516. The lowest BCUT2D eigenvalue weighted by Gasteiger charge is -2.26. The van der Waals surface area contributed by atoms with Crippen LogP contribution in [0.25, 0.3) is 0 Å².